The standard InChI is InChI=1S/C71H58Cl4N4O2/c1-35(2)44-23-18-24-45(36(3)4)64(44)78-53(30-29-48-66(80)56-57(67(48)81)61(73)63(75)62(74)60(56)72)79(69-68(78)76-51-31-37(5)38(6)32-52(51)77-69)65-54-46-27-25-42(40-19-14-12-15-20-40)33-49(46)70(8,9)58(54)39(7)59-55(65)47-28-26-43(34-50(47)71(59,10)11)41-21-16-13-17-22-41/h12-36H,1-11H3/b53-30+. The van der Waals surface area contributed by atoms with Crippen molar-refractivity contribution in [3.05, 3.63) is 232 Å². The number of benzene rings is 8. The fourth-order valence-electron chi connectivity index (χ4n) is 13.6. The first-order valence-electron chi connectivity index (χ1n) is 27.6. The molecule has 13 rings (SSSR count). The van der Waals surface area contributed by atoms with Gasteiger partial charge in [-0.1, -0.05) is 205 Å². The van der Waals surface area contributed by atoms with Gasteiger partial charge < -0.3 is 0 Å². The predicted molar refractivity (Wildman–Crippen MR) is 336 cm³/mol. The van der Waals surface area contributed by atoms with Gasteiger partial charge in [-0.25, -0.2) is 9.97 Å². The molecule has 0 bridgehead atoms. The zero-order chi connectivity index (χ0) is 57.0. The molecule has 0 N–H and O–H groups in total. The Kier molecular flexibility index (Phi) is 12.4. The number of carbonyl (C=O) groups excluding carboxylic acids is 2. The van der Waals surface area contributed by atoms with Crippen LogP contribution in [-0.2, 0) is 10.8 Å². The van der Waals surface area contributed by atoms with Crippen molar-refractivity contribution in [3.63, 3.8) is 0 Å². The van der Waals surface area contributed by atoms with Crippen LogP contribution in [0.25, 0.3) is 55.5 Å². The molecule has 1 aliphatic heterocycles. The second-order valence-corrected chi connectivity index (χ2v) is 25.3. The molecule has 0 fully saturated rings. The number of fused-ring (bicyclic) bond motifs is 9. The molecule has 2 heterocycles. The Bertz CT molecular complexity index is 4160. The number of aromatic nitrogens is 2. The maximum atomic E-state index is 14.9. The molecule has 3 aliphatic carbocycles. The summed E-state index contributed by atoms with van der Waals surface area (Å²) in [7, 11) is 0. The molecule has 81 heavy (non-hydrogen) atoms. The number of carbonyl (C=O) groups is 2. The smallest absolute Gasteiger partial charge is 0.199 e. The summed E-state index contributed by atoms with van der Waals surface area (Å²) < 4.78 is 0. The van der Waals surface area contributed by atoms with Crippen LogP contribution in [0.5, 0.6) is 0 Å². The lowest BCUT2D eigenvalue weighted by Gasteiger charge is -2.34. The summed E-state index contributed by atoms with van der Waals surface area (Å²) in [5.74, 6) is 0.756. The van der Waals surface area contributed by atoms with E-state index in [0.29, 0.717) is 17.5 Å². The lowest BCUT2D eigenvalue weighted by molar-refractivity contribution is 0.0988. The third-order valence-electron chi connectivity index (χ3n) is 17.6. The van der Waals surface area contributed by atoms with E-state index in [2.05, 4.69) is 213 Å². The number of hydrogen-bond donors (Lipinski definition) is 0. The molecule has 0 radical (unpaired) electrons. The Morgan fingerprint density at radius 2 is 0.889 bits per heavy atom. The van der Waals surface area contributed by atoms with E-state index in [1.54, 1.807) is 6.08 Å². The van der Waals surface area contributed by atoms with Crippen molar-refractivity contribution in [1.82, 2.24) is 9.97 Å². The number of rotatable bonds is 7. The largest absolute Gasteiger partial charge is 0.288 e. The third kappa shape index (κ3) is 7.66. The summed E-state index contributed by atoms with van der Waals surface area (Å²) in [6.45, 7) is 24.8. The van der Waals surface area contributed by atoms with E-state index < -0.39 is 22.4 Å². The SMILES string of the molecule is Cc1cc2nc3c(nc2cc1C)N(c1c2c(c(C)c4c1-c1ccc(-c5ccccc5)cc1C4(C)C)C(C)(C)c1cc(-c4ccccc4)ccc1-2)/C(=C/C=C1C(=O)c2c(Cl)c(Cl)c(Cl)c(Cl)c2C1=O)N3c1c(C(C)C)cccc1C(C)C. The Morgan fingerprint density at radius 1 is 0.469 bits per heavy atom. The molecule has 0 amide bonds. The number of anilines is 4. The fourth-order valence-corrected chi connectivity index (χ4v) is 14.7. The quantitative estimate of drug-likeness (QED) is 0.0686. The van der Waals surface area contributed by atoms with Crippen LogP contribution in [0.15, 0.2) is 151 Å². The minimum atomic E-state index is -0.601. The topological polar surface area (TPSA) is 66.4 Å². The van der Waals surface area contributed by atoms with E-state index in [9.17, 15) is 9.59 Å². The van der Waals surface area contributed by atoms with Gasteiger partial charge in [-0.2, -0.15) is 0 Å². The highest BCUT2D eigenvalue weighted by atomic mass is 35.5. The third-order valence-corrected chi connectivity index (χ3v) is 19.4. The Hall–Kier alpha value is -7.32. The number of Topliss-reactive ketones (excluding diaryl/α,β-unsaturated/α-hetero) is 2. The molecular weight excluding hydrogens is 1080 g/mol. The molecule has 4 aliphatic rings. The monoisotopic (exact) mass is 1140 g/mol. The number of halogens is 4. The van der Waals surface area contributed by atoms with Gasteiger partial charge >= 0.3 is 0 Å². The second kappa shape index (κ2) is 18.9. The molecule has 6 nitrogen and oxygen atoms in total. The van der Waals surface area contributed by atoms with Crippen LogP contribution < -0.4 is 9.80 Å². The first-order chi connectivity index (χ1) is 38.6. The van der Waals surface area contributed by atoms with Crippen molar-refractivity contribution in [1.29, 1.82) is 0 Å². The van der Waals surface area contributed by atoms with E-state index >= 15 is 0 Å². The van der Waals surface area contributed by atoms with Gasteiger partial charge in [0.15, 0.2) is 23.2 Å². The lowest BCUT2D eigenvalue weighted by Crippen LogP contribution is -2.27. The van der Waals surface area contributed by atoms with Gasteiger partial charge in [0, 0.05) is 22.0 Å². The lowest BCUT2D eigenvalue weighted by atomic mass is 9.73. The van der Waals surface area contributed by atoms with Crippen LogP contribution in [0.2, 0.25) is 20.1 Å². The Morgan fingerprint density at radius 3 is 1.31 bits per heavy atom. The summed E-state index contributed by atoms with van der Waals surface area (Å²) in [4.78, 5) is 45.8. The van der Waals surface area contributed by atoms with Crippen LogP contribution >= 0.6 is 46.4 Å². The van der Waals surface area contributed by atoms with Crippen molar-refractivity contribution in [2.45, 2.75) is 98.8 Å². The van der Waals surface area contributed by atoms with E-state index in [4.69, 9.17) is 56.4 Å². The van der Waals surface area contributed by atoms with Gasteiger partial charge in [-0.05, 0) is 152 Å². The minimum absolute atomic E-state index is 0.0613. The first kappa shape index (κ1) is 53.0. The fraction of sp³-hybridized carbons (Fsp3) is 0.211. The van der Waals surface area contributed by atoms with Crippen LogP contribution in [0.3, 0.4) is 0 Å². The molecule has 0 atom stereocenters. The molecule has 402 valence electrons. The molecule has 0 saturated carbocycles. The first-order valence-corrected chi connectivity index (χ1v) is 29.2. The Balaban J connectivity index is 1.21. The number of para-hydroxylation sites is 1. The van der Waals surface area contributed by atoms with E-state index in [1.165, 1.54) is 27.8 Å². The van der Waals surface area contributed by atoms with Gasteiger partial charge in [0.1, 0.15) is 5.82 Å². The maximum absolute atomic E-state index is 14.9. The van der Waals surface area contributed by atoms with Gasteiger partial charge in [0.25, 0.3) is 0 Å². The molecule has 0 spiro atoms. The van der Waals surface area contributed by atoms with Crippen molar-refractivity contribution < 1.29 is 9.59 Å². The van der Waals surface area contributed by atoms with Crippen molar-refractivity contribution >= 4 is 92.0 Å². The van der Waals surface area contributed by atoms with Crippen molar-refractivity contribution in [2.75, 3.05) is 9.80 Å². The molecule has 9 aromatic rings. The zero-order valence-electron chi connectivity index (χ0n) is 47.1. The number of nitrogens with zero attached hydrogens (tertiary/aromatic N) is 4. The summed E-state index contributed by atoms with van der Waals surface area (Å²) in [5.41, 5.74) is 21.5. The summed E-state index contributed by atoms with van der Waals surface area (Å²) in [5, 5.41) is -0.422. The van der Waals surface area contributed by atoms with Gasteiger partial charge in [0.2, 0.25) is 0 Å². The van der Waals surface area contributed by atoms with Crippen LogP contribution in [0.4, 0.5) is 23.0 Å². The maximum Gasteiger partial charge on any atom is 0.199 e. The molecule has 0 saturated heterocycles. The van der Waals surface area contributed by atoms with E-state index in [1.807, 2.05) is 6.08 Å². The van der Waals surface area contributed by atoms with Gasteiger partial charge in [-0.3, -0.25) is 19.4 Å². The Labute approximate surface area is 493 Å². The average molecular weight is 1140 g/mol. The van der Waals surface area contributed by atoms with Crippen LogP contribution in [-0.4, -0.2) is 21.5 Å². The van der Waals surface area contributed by atoms with Crippen molar-refractivity contribution in [3.8, 4) is 44.5 Å². The number of hydrogen-bond acceptors (Lipinski definition) is 6. The summed E-state index contributed by atoms with van der Waals surface area (Å²) in [6.07, 6.45) is 3.51. The molecular formula is C71H58Cl4N4O2. The average Bonchev–Trinajstić information content (AvgIpc) is 3.93. The van der Waals surface area contributed by atoms with E-state index in [0.717, 1.165) is 89.2 Å². The van der Waals surface area contributed by atoms with Crippen LogP contribution in [0.1, 0.15) is 138 Å². The summed E-state index contributed by atoms with van der Waals surface area (Å²) in [6, 6.07) is 45.8. The highest BCUT2D eigenvalue weighted by Gasteiger charge is 2.51. The second-order valence-electron chi connectivity index (χ2n) is 23.8. The van der Waals surface area contributed by atoms with Gasteiger partial charge in [-0.15, -0.1) is 0 Å². The number of aryl methyl sites for hydroxylation is 2. The zero-order valence-corrected chi connectivity index (χ0v) is 50.1. The molecule has 0 unspecified atom stereocenters. The molecule has 10 heteroatoms. The number of allylic oxidation sites excluding steroid dienone is 3. The molecule has 1 aromatic heterocycles. The van der Waals surface area contributed by atoms with Crippen LogP contribution in [0, 0.1) is 20.8 Å². The summed E-state index contributed by atoms with van der Waals surface area (Å²) >= 11 is 26.8. The van der Waals surface area contributed by atoms with Gasteiger partial charge in [0.05, 0.1) is 59.2 Å². The highest BCUT2D eigenvalue weighted by molar-refractivity contribution is 6.57. The minimum Gasteiger partial charge on any atom is -0.288 e. The number of ketones is 2. The predicted octanol–water partition coefficient (Wildman–Crippen LogP) is 20.5. The molecule has 8 aromatic carbocycles. The van der Waals surface area contributed by atoms with E-state index in [-0.39, 0.29) is 48.6 Å². The normalized spacial score (nSPS) is 15.8. The van der Waals surface area contributed by atoms with Crippen molar-refractivity contribution in [2.24, 2.45) is 0 Å². The highest BCUT2D eigenvalue weighted by Crippen LogP contribution is 2.66.